The predicted molar refractivity (Wildman–Crippen MR) is 92.6 cm³/mol. The molecule has 0 unspecified atom stereocenters. The lowest BCUT2D eigenvalue weighted by molar-refractivity contribution is 0.514. The van der Waals surface area contributed by atoms with Crippen LogP contribution < -0.4 is 5.76 Å². The zero-order valence-corrected chi connectivity index (χ0v) is 13.5. The quantitative estimate of drug-likeness (QED) is 0.523. The molecule has 4 aromatic rings. The highest BCUT2D eigenvalue weighted by atomic mass is 32.2. The molecule has 0 atom stereocenters. The Morgan fingerprint density at radius 2 is 1.83 bits per heavy atom. The molecular weight excluding hydrogens is 324 g/mol. The van der Waals surface area contributed by atoms with Crippen molar-refractivity contribution in [2.45, 2.75) is 11.7 Å². The van der Waals surface area contributed by atoms with Crippen molar-refractivity contribution in [2.24, 2.45) is 0 Å². The van der Waals surface area contributed by atoms with E-state index in [4.69, 9.17) is 4.42 Å². The summed E-state index contributed by atoms with van der Waals surface area (Å²) in [6.45, 7) is 0.542. The Labute approximate surface area is 141 Å². The maximum absolute atomic E-state index is 11.9. The Morgan fingerprint density at radius 1 is 1.04 bits per heavy atom. The molecule has 0 radical (unpaired) electrons. The van der Waals surface area contributed by atoms with Crippen molar-refractivity contribution in [3.05, 3.63) is 71.5 Å². The molecule has 0 saturated heterocycles. The molecule has 120 valence electrons. The van der Waals surface area contributed by atoms with E-state index in [0.29, 0.717) is 23.0 Å². The van der Waals surface area contributed by atoms with Gasteiger partial charge in [-0.2, -0.15) is 0 Å². The molecule has 7 heteroatoms. The van der Waals surface area contributed by atoms with Crippen molar-refractivity contribution in [1.82, 2.24) is 19.3 Å². The van der Waals surface area contributed by atoms with E-state index in [-0.39, 0.29) is 5.76 Å². The molecule has 0 aliphatic heterocycles. The number of thioether (sulfide) groups is 1. The van der Waals surface area contributed by atoms with Gasteiger partial charge >= 0.3 is 5.76 Å². The molecular formula is C17H14N4O2S. The first kappa shape index (κ1) is 14.8. The van der Waals surface area contributed by atoms with E-state index in [2.05, 4.69) is 10.1 Å². The van der Waals surface area contributed by atoms with E-state index in [0.717, 1.165) is 11.2 Å². The predicted octanol–water partition coefficient (Wildman–Crippen LogP) is 2.97. The highest BCUT2D eigenvalue weighted by molar-refractivity contribution is 7.99. The van der Waals surface area contributed by atoms with Gasteiger partial charge in [0.2, 0.25) is 5.16 Å². The summed E-state index contributed by atoms with van der Waals surface area (Å²) in [5.74, 6) is 0.349. The van der Waals surface area contributed by atoms with Gasteiger partial charge in [-0.05, 0) is 24.3 Å². The molecule has 0 aliphatic carbocycles. The molecule has 0 fully saturated rings. The number of oxazole rings is 1. The standard InChI is InChI=1S/C17H14N4O2S/c22-17-20(14-8-4-5-9-15(14)23-17)10-11-24-16-18-12-21(19-16)13-6-2-1-3-7-13/h1-9,12H,10-11H2. The minimum atomic E-state index is -0.334. The normalized spacial score (nSPS) is 11.2. The SMILES string of the molecule is O=c1oc2ccccc2n1CCSc1ncn(-c2ccccc2)n1. The van der Waals surface area contributed by atoms with Crippen LogP contribution in [0.3, 0.4) is 0 Å². The number of hydrogen-bond acceptors (Lipinski definition) is 5. The van der Waals surface area contributed by atoms with Crippen molar-refractivity contribution in [1.29, 1.82) is 0 Å². The summed E-state index contributed by atoms with van der Waals surface area (Å²) < 4.78 is 8.60. The maximum Gasteiger partial charge on any atom is 0.419 e. The molecule has 0 N–H and O–H groups in total. The van der Waals surface area contributed by atoms with Crippen LogP contribution in [0.1, 0.15) is 0 Å². The summed E-state index contributed by atoms with van der Waals surface area (Å²) >= 11 is 1.51. The number of hydrogen-bond donors (Lipinski definition) is 0. The highest BCUT2D eigenvalue weighted by Crippen LogP contribution is 2.16. The van der Waals surface area contributed by atoms with Crippen molar-refractivity contribution in [2.75, 3.05) is 5.75 Å². The molecule has 4 rings (SSSR count). The average molecular weight is 338 g/mol. The molecule has 0 aliphatic rings. The van der Waals surface area contributed by atoms with Crippen LogP contribution in [-0.2, 0) is 6.54 Å². The Hall–Kier alpha value is -2.80. The molecule has 0 amide bonds. The van der Waals surface area contributed by atoms with Crippen LogP contribution in [0.25, 0.3) is 16.8 Å². The monoisotopic (exact) mass is 338 g/mol. The fraction of sp³-hybridized carbons (Fsp3) is 0.118. The summed E-state index contributed by atoms with van der Waals surface area (Å²) in [6.07, 6.45) is 1.69. The van der Waals surface area contributed by atoms with E-state index in [1.54, 1.807) is 21.6 Å². The maximum atomic E-state index is 11.9. The van der Waals surface area contributed by atoms with Crippen LogP contribution in [-0.4, -0.2) is 25.1 Å². The number of benzene rings is 2. The molecule has 6 nitrogen and oxygen atoms in total. The second-order valence-electron chi connectivity index (χ2n) is 5.14. The smallest absolute Gasteiger partial charge is 0.408 e. The average Bonchev–Trinajstić information content (AvgIpc) is 3.21. The number of aromatic nitrogens is 4. The van der Waals surface area contributed by atoms with Crippen molar-refractivity contribution in [3.63, 3.8) is 0 Å². The summed E-state index contributed by atoms with van der Waals surface area (Å²) in [7, 11) is 0. The molecule has 2 heterocycles. The van der Waals surface area contributed by atoms with Gasteiger partial charge in [-0.3, -0.25) is 4.57 Å². The Bertz CT molecular complexity index is 1020. The van der Waals surface area contributed by atoms with Gasteiger partial charge < -0.3 is 4.42 Å². The van der Waals surface area contributed by atoms with Crippen LogP contribution >= 0.6 is 11.8 Å². The van der Waals surface area contributed by atoms with Gasteiger partial charge in [0.15, 0.2) is 5.58 Å². The van der Waals surface area contributed by atoms with E-state index in [9.17, 15) is 4.79 Å². The van der Waals surface area contributed by atoms with Gasteiger partial charge in [-0.1, -0.05) is 42.1 Å². The third-order valence-electron chi connectivity index (χ3n) is 3.61. The number of para-hydroxylation sites is 3. The van der Waals surface area contributed by atoms with E-state index >= 15 is 0 Å². The van der Waals surface area contributed by atoms with E-state index < -0.39 is 0 Å². The first-order chi connectivity index (χ1) is 11.8. The molecule has 0 saturated carbocycles. The van der Waals surface area contributed by atoms with Crippen molar-refractivity contribution >= 4 is 22.9 Å². The minimum Gasteiger partial charge on any atom is -0.408 e. The van der Waals surface area contributed by atoms with Crippen molar-refractivity contribution < 1.29 is 4.42 Å². The van der Waals surface area contributed by atoms with E-state index in [1.807, 2.05) is 48.5 Å². The summed E-state index contributed by atoms with van der Waals surface area (Å²) in [4.78, 5) is 16.2. The first-order valence-corrected chi connectivity index (χ1v) is 8.48. The number of nitrogens with zero attached hydrogens (tertiary/aromatic N) is 4. The van der Waals surface area contributed by atoms with Gasteiger partial charge in [0, 0.05) is 12.3 Å². The van der Waals surface area contributed by atoms with Gasteiger partial charge in [-0.15, -0.1) is 5.10 Å². The molecule has 0 bridgehead atoms. The van der Waals surface area contributed by atoms with Gasteiger partial charge in [0.25, 0.3) is 0 Å². The zero-order chi connectivity index (χ0) is 16.4. The lowest BCUT2D eigenvalue weighted by atomic mass is 10.3. The Kier molecular flexibility index (Phi) is 3.92. The molecule has 24 heavy (non-hydrogen) atoms. The number of rotatable bonds is 5. The van der Waals surface area contributed by atoms with Crippen LogP contribution in [0.2, 0.25) is 0 Å². The summed E-state index contributed by atoms with van der Waals surface area (Å²) in [5.41, 5.74) is 2.39. The summed E-state index contributed by atoms with van der Waals surface area (Å²) in [6, 6.07) is 17.2. The minimum absolute atomic E-state index is 0.334. The first-order valence-electron chi connectivity index (χ1n) is 7.49. The third kappa shape index (κ3) is 2.85. The third-order valence-corrected chi connectivity index (χ3v) is 4.44. The molecule has 0 spiro atoms. The molecule has 2 aromatic carbocycles. The topological polar surface area (TPSA) is 65.8 Å². The summed E-state index contributed by atoms with van der Waals surface area (Å²) in [5, 5.41) is 5.12. The number of fused-ring (bicyclic) bond motifs is 1. The van der Waals surface area contributed by atoms with Crippen LogP contribution in [0.15, 0.2) is 75.3 Å². The van der Waals surface area contributed by atoms with Crippen LogP contribution in [0.5, 0.6) is 0 Å². The van der Waals surface area contributed by atoms with Crippen LogP contribution in [0, 0.1) is 0 Å². The lowest BCUT2D eigenvalue weighted by Crippen LogP contribution is -2.15. The fourth-order valence-electron chi connectivity index (χ4n) is 2.47. The van der Waals surface area contributed by atoms with Crippen LogP contribution in [0.4, 0.5) is 0 Å². The lowest BCUT2D eigenvalue weighted by Gasteiger charge is -2.00. The van der Waals surface area contributed by atoms with Gasteiger partial charge in [-0.25, -0.2) is 14.5 Å². The van der Waals surface area contributed by atoms with Gasteiger partial charge in [0.1, 0.15) is 6.33 Å². The zero-order valence-electron chi connectivity index (χ0n) is 12.7. The second-order valence-corrected chi connectivity index (χ2v) is 6.21. The Morgan fingerprint density at radius 3 is 2.71 bits per heavy atom. The number of aryl methyl sites for hydroxylation is 1. The van der Waals surface area contributed by atoms with E-state index in [1.165, 1.54) is 11.8 Å². The molecule has 2 aromatic heterocycles. The van der Waals surface area contributed by atoms with Crippen molar-refractivity contribution in [3.8, 4) is 5.69 Å². The Balaban J connectivity index is 1.45. The highest BCUT2D eigenvalue weighted by Gasteiger charge is 2.09. The van der Waals surface area contributed by atoms with Gasteiger partial charge in [0.05, 0.1) is 11.2 Å². The second kappa shape index (κ2) is 6.37. The largest absolute Gasteiger partial charge is 0.419 e. The fourth-order valence-corrected chi connectivity index (χ4v) is 3.20.